The molecule has 0 saturated carbocycles. The van der Waals surface area contributed by atoms with Gasteiger partial charge in [-0.15, -0.1) is 0 Å². The fourth-order valence-corrected chi connectivity index (χ4v) is 4.13. The number of hydrogen-bond acceptors (Lipinski definition) is 4. The Morgan fingerprint density at radius 1 is 1.12 bits per heavy atom. The molecule has 1 aromatic rings. The van der Waals surface area contributed by atoms with E-state index in [0.29, 0.717) is 31.5 Å². The van der Waals surface area contributed by atoms with Gasteiger partial charge < -0.3 is 16.4 Å². The molecule has 0 radical (unpaired) electrons. The second-order valence-electron chi connectivity index (χ2n) is 7.29. The minimum Gasteiger partial charge on any atom is -0.369 e. The Morgan fingerprint density at radius 3 is 2.56 bits per heavy atom. The molecular formula is C19H28N4O2. The third kappa shape index (κ3) is 4.19. The molecule has 25 heavy (non-hydrogen) atoms. The van der Waals surface area contributed by atoms with Gasteiger partial charge >= 0.3 is 0 Å². The molecule has 2 heterocycles. The van der Waals surface area contributed by atoms with Crippen LogP contribution in [0.3, 0.4) is 0 Å². The summed E-state index contributed by atoms with van der Waals surface area (Å²) in [4.78, 5) is 28.1. The van der Waals surface area contributed by atoms with Crippen molar-refractivity contribution in [1.82, 2.24) is 9.80 Å². The molecule has 1 aromatic carbocycles. The molecular weight excluding hydrogens is 316 g/mol. The van der Waals surface area contributed by atoms with Crippen LogP contribution < -0.4 is 11.5 Å². The molecule has 2 saturated heterocycles. The van der Waals surface area contributed by atoms with Crippen LogP contribution in [-0.4, -0.2) is 60.9 Å². The predicted molar refractivity (Wildman–Crippen MR) is 96.7 cm³/mol. The van der Waals surface area contributed by atoms with Gasteiger partial charge in [0.25, 0.3) is 0 Å². The van der Waals surface area contributed by atoms with Gasteiger partial charge in [-0.3, -0.25) is 14.5 Å². The van der Waals surface area contributed by atoms with E-state index < -0.39 is 0 Å². The topological polar surface area (TPSA) is 92.7 Å². The third-order valence-corrected chi connectivity index (χ3v) is 5.58. The minimum atomic E-state index is -0.300. The predicted octanol–water partition coefficient (Wildman–Crippen LogP) is 0.385. The number of likely N-dealkylation sites (tertiary alicyclic amines) is 2. The maximum absolute atomic E-state index is 12.7. The molecule has 6 nitrogen and oxygen atoms in total. The SMILES string of the molecule is NC[C@@H]1CN(CC(=O)N2CCCC(C(N)=O)C2)C[C@H]1c1ccccc1. The summed E-state index contributed by atoms with van der Waals surface area (Å²) in [6.45, 7) is 3.89. The Kier molecular flexibility index (Phi) is 5.71. The maximum Gasteiger partial charge on any atom is 0.236 e. The molecule has 0 aliphatic carbocycles. The van der Waals surface area contributed by atoms with Gasteiger partial charge in [-0.1, -0.05) is 30.3 Å². The van der Waals surface area contributed by atoms with Crippen LogP contribution in [0.15, 0.2) is 30.3 Å². The molecule has 2 fully saturated rings. The monoisotopic (exact) mass is 344 g/mol. The van der Waals surface area contributed by atoms with Crippen molar-refractivity contribution in [3.8, 4) is 0 Å². The molecule has 6 heteroatoms. The van der Waals surface area contributed by atoms with Crippen molar-refractivity contribution >= 4 is 11.8 Å². The zero-order chi connectivity index (χ0) is 17.8. The van der Waals surface area contributed by atoms with Crippen molar-refractivity contribution < 1.29 is 9.59 Å². The summed E-state index contributed by atoms with van der Waals surface area (Å²) < 4.78 is 0. The summed E-state index contributed by atoms with van der Waals surface area (Å²) in [5, 5.41) is 0. The largest absolute Gasteiger partial charge is 0.369 e. The van der Waals surface area contributed by atoms with Gasteiger partial charge in [0.2, 0.25) is 11.8 Å². The Morgan fingerprint density at radius 2 is 1.88 bits per heavy atom. The second-order valence-corrected chi connectivity index (χ2v) is 7.29. The van der Waals surface area contributed by atoms with Crippen LogP contribution in [0.4, 0.5) is 0 Å². The van der Waals surface area contributed by atoms with Crippen molar-refractivity contribution in [2.24, 2.45) is 23.3 Å². The lowest BCUT2D eigenvalue weighted by Crippen LogP contribution is -2.47. The molecule has 3 rings (SSSR count). The number of benzene rings is 1. The number of nitrogens with two attached hydrogens (primary N) is 2. The van der Waals surface area contributed by atoms with Gasteiger partial charge in [0.15, 0.2) is 0 Å². The lowest BCUT2D eigenvalue weighted by atomic mass is 9.89. The van der Waals surface area contributed by atoms with Crippen LogP contribution in [0.25, 0.3) is 0 Å². The van der Waals surface area contributed by atoms with E-state index in [1.54, 1.807) is 4.90 Å². The number of carbonyl (C=O) groups excluding carboxylic acids is 2. The first-order valence-electron chi connectivity index (χ1n) is 9.13. The normalized spacial score (nSPS) is 27.4. The molecule has 3 atom stereocenters. The summed E-state index contributed by atoms with van der Waals surface area (Å²) in [5.74, 6) is 0.334. The summed E-state index contributed by atoms with van der Waals surface area (Å²) in [6.07, 6.45) is 1.63. The van der Waals surface area contributed by atoms with Crippen molar-refractivity contribution in [3.05, 3.63) is 35.9 Å². The zero-order valence-electron chi connectivity index (χ0n) is 14.6. The van der Waals surface area contributed by atoms with Gasteiger partial charge in [0.05, 0.1) is 12.5 Å². The molecule has 2 aliphatic heterocycles. The first-order valence-corrected chi connectivity index (χ1v) is 9.13. The lowest BCUT2D eigenvalue weighted by molar-refractivity contribution is -0.135. The second kappa shape index (κ2) is 7.97. The maximum atomic E-state index is 12.7. The third-order valence-electron chi connectivity index (χ3n) is 5.58. The lowest BCUT2D eigenvalue weighted by Gasteiger charge is -2.32. The average Bonchev–Trinajstić information content (AvgIpc) is 3.05. The molecule has 2 amide bonds. The number of nitrogens with zero attached hydrogens (tertiary/aromatic N) is 2. The summed E-state index contributed by atoms with van der Waals surface area (Å²) >= 11 is 0. The van der Waals surface area contributed by atoms with Crippen LogP contribution in [0.1, 0.15) is 24.3 Å². The van der Waals surface area contributed by atoms with Crippen molar-refractivity contribution in [3.63, 3.8) is 0 Å². The highest BCUT2D eigenvalue weighted by molar-refractivity contribution is 5.81. The molecule has 0 bridgehead atoms. The number of amides is 2. The van der Waals surface area contributed by atoms with E-state index in [9.17, 15) is 9.59 Å². The fourth-order valence-electron chi connectivity index (χ4n) is 4.13. The van der Waals surface area contributed by atoms with Gasteiger partial charge in [0, 0.05) is 32.1 Å². The molecule has 2 aliphatic rings. The Labute approximate surface area is 149 Å². The molecule has 0 spiro atoms. The van der Waals surface area contributed by atoms with E-state index >= 15 is 0 Å². The van der Waals surface area contributed by atoms with Gasteiger partial charge in [0.1, 0.15) is 0 Å². The van der Waals surface area contributed by atoms with E-state index in [1.807, 2.05) is 6.07 Å². The van der Waals surface area contributed by atoms with E-state index in [4.69, 9.17) is 11.5 Å². The smallest absolute Gasteiger partial charge is 0.236 e. The molecule has 136 valence electrons. The number of rotatable bonds is 5. The quantitative estimate of drug-likeness (QED) is 0.808. The minimum absolute atomic E-state index is 0.0930. The van der Waals surface area contributed by atoms with Crippen LogP contribution in [0.5, 0.6) is 0 Å². The van der Waals surface area contributed by atoms with E-state index in [0.717, 1.165) is 32.5 Å². The van der Waals surface area contributed by atoms with Crippen molar-refractivity contribution in [2.75, 3.05) is 39.3 Å². The highest BCUT2D eigenvalue weighted by atomic mass is 16.2. The zero-order valence-corrected chi connectivity index (χ0v) is 14.6. The first kappa shape index (κ1) is 17.9. The number of hydrogen-bond donors (Lipinski definition) is 2. The molecule has 0 aromatic heterocycles. The Balaban J connectivity index is 1.59. The van der Waals surface area contributed by atoms with E-state index in [-0.39, 0.29) is 17.7 Å². The van der Waals surface area contributed by atoms with E-state index in [1.165, 1.54) is 5.56 Å². The standard InChI is InChI=1S/C19H28N4O2/c20-9-16-10-22(12-17(16)14-5-2-1-3-6-14)13-18(24)23-8-4-7-15(11-23)19(21)25/h1-3,5-6,15-17H,4,7-13,20H2,(H2,21,25)/t15?,16-,17+/m1/s1. The fraction of sp³-hybridized carbons (Fsp3) is 0.579. The first-order chi connectivity index (χ1) is 12.1. The van der Waals surface area contributed by atoms with Crippen LogP contribution >= 0.6 is 0 Å². The van der Waals surface area contributed by atoms with Gasteiger partial charge in [-0.2, -0.15) is 0 Å². The number of carbonyl (C=O) groups is 2. The Hall–Kier alpha value is -1.92. The highest BCUT2D eigenvalue weighted by Crippen LogP contribution is 2.32. The van der Waals surface area contributed by atoms with Crippen LogP contribution in [-0.2, 0) is 9.59 Å². The summed E-state index contributed by atoms with van der Waals surface area (Å²) in [7, 11) is 0. The molecule has 4 N–H and O–H groups in total. The summed E-state index contributed by atoms with van der Waals surface area (Å²) in [5.41, 5.74) is 12.7. The molecule has 1 unspecified atom stereocenters. The average molecular weight is 344 g/mol. The summed E-state index contributed by atoms with van der Waals surface area (Å²) in [6, 6.07) is 10.4. The van der Waals surface area contributed by atoms with Crippen LogP contribution in [0.2, 0.25) is 0 Å². The van der Waals surface area contributed by atoms with Crippen molar-refractivity contribution in [1.29, 1.82) is 0 Å². The number of primary amides is 1. The van der Waals surface area contributed by atoms with Gasteiger partial charge in [-0.25, -0.2) is 0 Å². The number of piperidine rings is 1. The van der Waals surface area contributed by atoms with Crippen molar-refractivity contribution in [2.45, 2.75) is 18.8 Å². The van der Waals surface area contributed by atoms with Crippen LogP contribution in [0, 0.1) is 11.8 Å². The Bertz CT molecular complexity index is 607. The highest BCUT2D eigenvalue weighted by Gasteiger charge is 2.35. The van der Waals surface area contributed by atoms with E-state index in [2.05, 4.69) is 29.2 Å². The van der Waals surface area contributed by atoms with Gasteiger partial charge in [-0.05, 0) is 30.9 Å².